The molecule has 0 fully saturated rings. The van der Waals surface area contributed by atoms with E-state index in [9.17, 15) is 0 Å². The second kappa shape index (κ2) is 7.41. The third-order valence-corrected chi connectivity index (χ3v) is 2.88. The summed E-state index contributed by atoms with van der Waals surface area (Å²) in [6.45, 7) is 8.14. The van der Waals surface area contributed by atoms with Crippen LogP contribution in [-0.4, -0.2) is 25.2 Å². The Hall–Kier alpha value is -0.930. The normalized spacial score (nSPS) is 14.6. The Bertz CT molecular complexity index is 311. The van der Waals surface area contributed by atoms with Crippen LogP contribution < -0.4 is 5.32 Å². The zero-order valence-electron chi connectivity index (χ0n) is 11.4. The van der Waals surface area contributed by atoms with E-state index in [1.54, 1.807) is 7.11 Å². The number of aryl methyl sites for hydroxylation is 1. The molecule has 0 amide bonds. The largest absolute Gasteiger partial charge is 0.384 e. The fourth-order valence-corrected chi connectivity index (χ4v) is 2.02. The van der Waals surface area contributed by atoms with E-state index >= 15 is 0 Å². The molecular formula is C14H24N2O. The van der Waals surface area contributed by atoms with Gasteiger partial charge in [0.25, 0.3) is 0 Å². The highest BCUT2D eigenvalue weighted by Crippen LogP contribution is 2.21. The fourth-order valence-electron chi connectivity index (χ4n) is 2.02. The molecule has 1 heterocycles. The molecule has 1 aromatic rings. The number of pyridine rings is 1. The fraction of sp³-hybridized carbons (Fsp3) is 0.643. The zero-order valence-corrected chi connectivity index (χ0v) is 11.4. The third-order valence-electron chi connectivity index (χ3n) is 2.88. The molecule has 0 saturated heterocycles. The second-order valence-corrected chi connectivity index (χ2v) is 4.64. The number of nitrogens with zero attached hydrogens (tertiary/aromatic N) is 1. The first kappa shape index (κ1) is 14.1. The van der Waals surface area contributed by atoms with Crippen LogP contribution in [0.4, 0.5) is 0 Å². The van der Waals surface area contributed by atoms with E-state index in [4.69, 9.17) is 4.74 Å². The summed E-state index contributed by atoms with van der Waals surface area (Å²) in [7, 11) is 1.76. The van der Waals surface area contributed by atoms with E-state index in [1.807, 2.05) is 13.1 Å². The van der Waals surface area contributed by atoms with Gasteiger partial charge >= 0.3 is 0 Å². The number of hydrogen-bond acceptors (Lipinski definition) is 3. The zero-order chi connectivity index (χ0) is 12.7. The minimum Gasteiger partial charge on any atom is -0.384 e. The molecule has 0 bridgehead atoms. The molecule has 0 radical (unpaired) electrons. The maximum Gasteiger partial charge on any atom is 0.0488 e. The van der Waals surface area contributed by atoms with Crippen molar-refractivity contribution >= 4 is 0 Å². The van der Waals surface area contributed by atoms with E-state index in [1.165, 1.54) is 5.56 Å². The maximum absolute atomic E-state index is 5.19. The number of hydrogen-bond donors (Lipinski definition) is 1. The molecule has 0 spiro atoms. The first-order valence-corrected chi connectivity index (χ1v) is 6.32. The first-order valence-electron chi connectivity index (χ1n) is 6.32. The Morgan fingerprint density at radius 3 is 2.71 bits per heavy atom. The van der Waals surface area contributed by atoms with Crippen molar-refractivity contribution in [2.24, 2.45) is 5.92 Å². The van der Waals surface area contributed by atoms with Gasteiger partial charge in [-0.3, -0.25) is 4.98 Å². The van der Waals surface area contributed by atoms with E-state index in [-0.39, 0.29) is 0 Å². The summed E-state index contributed by atoms with van der Waals surface area (Å²) in [6.07, 6.45) is 3.05. The van der Waals surface area contributed by atoms with Gasteiger partial charge in [0, 0.05) is 31.6 Å². The molecule has 0 aliphatic carbocycles. The van der Waals surface area contributed by atoms with Gasteiger partial charge < -0.3 is 10.1 Å². The van der Waals surface area contributed by atoms with Crippen LogP contribution in [0.25, 0.3) is 0 Å². The summed E-state index contributed by atoms with van der Waals surface area (Å²) in [4.78, 5) is 4.36. The predicted octanol–water partition coefficient (Wildman–Crippen LogP) is 2.71. The molecule has 2 unspecified atom stereocenters. The lowest BCUT2D eigenvalue weighted by molar-refractivity contribution is 0.149. The van der Waals surface area contributed by atoms with Crippen LogP contribution in [0, 0.1) is 12.8 Å². The van der Waals surface area contributed by atoms with Gasteiger partial charge in [-0.15, -0.1) is 0 Å². The highest BCUT2D eigenvalue weighted by molar-refractivity contribution is 5.17. The molecule has 0 aliphatic rings. The lowest BCUT2D eigenvalue weighted by Crippen LogP contribution is -2.24. The number of ether oxygens (including phenoxy) is 1. The molecule has 2 atom stereocenters. The quantitative estimate of drug-likeness (QED) is 0.790. The average Bonchev–Trinajstić information content (AvgIpc) is 2.30. The molecule has 1 aromatic heterocycles. The van der Waals surface area contributed by atoms with Crippen molar-refractivity contribution < 1.29 is 4.74 Å². The molecule has 0 saturated carbocycles. The molecule has 1 rings (SSSR count). The molecule has 17 heavy (non-hydrogen) atoms. The minimum atomic E-state index is 0.373. The van der Waals surface area contributed by atoms with Gasteiger partial charge in [-0.05, 0) is 37.4 Å². The van der Waals surface area contributed by atoms with E-state index in [2.05, 4.69) is 36.3 Å². The van der Waals surface area contributed by atoms with Crippen LogP contribution in [0.15, 0.2) is 18.3 Å². The average molecular weight is 236 g/mol. The lowest BCUT2D eigenvalue weighted by Gasteiger charge is -2.21. The van der Waals surface area contributed by atoms with Gasteiger partial charge in [-0.2, -0.15) is 0 Å². The smallest absolute Gasteiger partial charge is 0.0488 e. The Kier molecular flexibility index (Phi) is 6.16. The second-order valence-electron chi connectivity index (χ2n) is 4.64. The van der Waals surface area contributed by atoms with E-state index < -0.39 is 0 Å². The summed E-state index contributed by atoms with van der Waals surface area (Å²) in [5, 5.41) is 3.51. The highest BCUT2D eigenvalue weighted by Gasteiger charge is 2.14. The maximum atomic E-state index is 5.19. The SMILES string of the molecule is CCNC(CC(C)COC)c1ccc(C)nc1. The molecule has 96 valence electrons. The molecule has 3 heteroatoms. The third kappa shape index (κ3) is 4.84. The molecule has 0 aromatic carbocycles. The van der Waals surface area contributed by atoms with Gasteiger partial charge in [-0.1, -0.05) is 19.9 Å². The van der Waals surface area contributed by atoms with Crippen LogP contribution in [0.1, 0.15) is 37.6 Å². The van der Waals surface area contributed by atoms with Crippen molar-refractivity contribution in [3.8, 4) is 0 Å². The van der Waals surface area contributed by atoms with Crippen molar-refractivity contribution in [2.75, 3.05) is 20.3 Å². The lowest BCUT2D eigenvalue weighted by atomic mass is 9.97. The minimum absolute atomic E-state index is 0.373. The Morgan fingerprint density at radius 2 is 2.18 bits per heavy atom. The van der Waals surface area contributed by atoms with Crippen LogP contribution in [0.2, 0.25) is 0 Å². The summed E-state index contributed by atoms with van der Waals surface area (Å²) in [6, 6.07) is 4.61. The van der Waals surface area contributed by atoms with Gasteiger partial charge in [0.1, 0.15) is 0 Å². The summed E-state index contributed by atoms with van der Waals surface area (Å²) in [5.41, 5.74) is 2.33. The number of nitrogens with one attached hydrogen (secondary N) is 1. The van der Waals surface area contributed by atoms with Crippen molar-refractivity contribution in [3.63, 3.8) is 0 Å². The Balaban J connectivity index is 2.67. The number of methoxy groups -OCH3 is 1. The van der Waals surface area contributed by atoms with Crippen LogP contribution >= 0.6 is 0 Å². The summed E-state index contributed by atoms with van der Waals surface area (Å²) < 4.78 is 5.19. The number of aromatic nitrogens is 1. The predicted molar refractivity (Wildman–Crippen MR) is 71.0 cm³/mol. The first-order chi connectivity index (χ1) is 8.17. The summed E-state index contributed by atoms with van der Waals surface area (Å²) >= 11 is 0. The van der Waals surface area contributed by atoms with Gasteiger partial charge in [0.05, 0.1) is 0 Å². The van der Waals surface area contributed by atoms with Crippen molar-refractivity contribution in [1.82, 2.24) is 10.3 Å². The topological polar surface area (TPSA) is 34.1 Å². The van der Waals surface area contributed by atoms with Gasteiger partial charge in [0.15, 0.2) is 0 Å². The van der Waals surface area contributed by atoms with E-state index in [0.29, 0.717) is 12.0 Å². The van der Waals surface area contributed by atoms with Crippen molar-refractivity contribution in [1.29, 1.82) is 0 Å². The van der Waals surface area contributed by atoms with Crippen LogP contribution in [-0.2, 0) is 4.74 Å². The summed E-state index contributed by atoms with van der Waals surface area (Å²) in [5.74, 6) is 0.547. The number of rotatable bonds is 7. The Morgan fingerprint density at radius 1 is 1.41 bits per heavy atom. The molecular weight excluding hydrogens is 212 g/mol. The van der Waals surface area contributed by atoms with Crippen LogP contribution in [0.3, 0.4) is 0 Å². The molecule has 1 N–H and O–H groups in total. The Labute approximate surface area is 105 Å². The van der Waals surface area contributed by atoms with E-state index in [0.717, 1.165) is 25.3 Å². The molecule has 3 nitrogen and oxygen atoms in total. The van der Waals surface area contributed by atoms with Gasteiger partial charge in [0.2, 0.25) is 0 Å². The standard InChI is InChI=1S/C14H24N2O/c1-5-15-14(8-11(2)10-17-4)13-7-6-12(3)16-9-13/h6-7,9,11,14-15H,5,8,10H2,1-4H3. The van der Waals surface area contributed by atoms with Crippen molar-refractivity contribution in [2.45, 2.75) is 33.2 Å². The van der Waals surface area contributed by atoms with Crippen molar-refractivity contribution in [3.05, 3.63) is 29.6 Å². The molecule has 0 aliphatic heterocycles. The van der Waals surface area contributed by atoms with Crippen LogP contribution in [0.5, 0.6) is 0 Å². The monoisotopic (exact) mass is 236 g/mol. The van der Waals surface area contributed by atoms with Gasteiger partial charge in [-0.25, -0.2) is 0 Å². The highest BCUT2D eigenvalue weighted by atomic mass is 16.5.